The van der Waals surface area contributed by atoms with Gasteiger partial charge in [-0.2, -0.15) is 0 Å². The summed E-state index contributed by atoms with van der Waals surface area (Å²) in [5, 5.41) is 3.49. The zero-order valence-corrected chi connectivity index (χ0v) is 11.1. The van der Waals surface area contributed by atoms with E-state index in [2.05, 4.69) is 44.8 Å². The Labute approximate surface area is 95.4 Å². The van der Waals surface area contributed by atoms with Crippen LogP contribution in [-0.2, 0) is 0 Å². The molecular weight excluding hydrogens is 184 g/mol. The third-order valence-electron chi connectivity index (χ3n) is 3.48. The molecule has 0 aromatic carbocycles. The van der Waals surface area contributed by atoms with Crippen molar-refractivity contribution >= 4 is 0 Å². The van der Waals surface area contributed by atoms with Gasteiger partial charge in [0.25, 0.3) is 0 Å². The lowest BCUT2D eigenvalue weighted by atomic mass is 9.96. The second-order valence-electron chi connectivity index (χ2n) is 5.84. The van der Waals surface area contributed by atoms with Crippen LogP contribution < -0.4 is 5.32 Å². The van der Waals surface area contributed by atoms with Gasteiger partial charge >= 0.3 is 0 Å². The van der Waals surface area contributed by atoms with Crippen LogP contribution in [0.15, 0.2) is 0 Å². The molecule has 2 heteroatoms. The van der Waals surface area contributed by atoms with Gasteiger partial charge in [-0.25, -0.2) is 0 Å². The summed E-state index contributed by atoms with van der Waals surface area (Å²) in [7, 11) is 0. The number of hydrogen-bond acceptors (Lipinski definition) is 2. The fourth-order valence-corrected chi connectivity index (χ4v) is 2.38. The Bertz CT molecular complexity index is 177. The maximum atomic E-state index is 3.49. The van der Waals surface area contributed by atoms with Crippen molar-refractivity contribution in [3.8, 4) is 0 Å². The second kappa shape index (κ2) is 5.86. The third-order valence-corrected chi connectivity index (χ3v) is 3.48. The van der Waals surface area contributed by atoms with E-state index < -0.39 is 0 Å². The SMILES string of the molecule is CC(C)CN(C[C@@H]1CNC[C@H]1C)C(C)C. The van der Waals surface area contributed by atoms with Crippen LogP contribution in [-0.4, -0.2) is 37.1 Å². The summed E-state index contributed by atoms with van der Waals surface area (Å²) in [6.07, 6.45) is 0. The van der Waals surface area contributed by atoms with Crippen molar-refractivity contribution < 1.29 is 0 Å². The molecule has 2 atom stereocenters. The predicted molar refractivity (Wildman–Crippen MR) is 67.1 cm³/mol. The molecule has 0 amide bonds. The maximum absolute atomic E-state index is 3.49. The first-order valence-corrected chi connectivity index (χ1v) is 6.45. The van der Waals surface area contributed by atoms with Crippen LogP contribution in [0.3, 0.4) is 0 Å². The van der Waals surface area contributed by atoms with E-state index in [1.807, 2.05) is 0 Å². The molecule has 0 unspecified atom stereocenters. The Hall–Kier alpha value is -0.0800. The second-order valence-corrected chi connectivity index (χ2v) is 5.84. The van der Waals surface area contributed by atoms with Crippen LogP contribution in [0.2, 0.25) is 0 Å². The van der Waals surface area contributed by atoms with E-state index in [9.17, 15) is 0 Å². The molecule has 1 aliphatic heterocycles. The average molecular weight is 212 g/mol. The number of hydrogen-bond donors (Lipinski definition) is 1. The van der Waals surface area contributed by atoms with Crippen LogP contribution in [0.1, 0.15) is 34.6 Å². The smallest absolute Gasteiger partial charge is 0.00388 e. The van der Waals surface area contributed by atoms with Gasteiger partial charge in [-0.05, 0) is 44.7 Å². The summed E-state index contributed by atoms with van der Waals surface area (Å²) in [4.78, 5) is 2.64. The highest BCUT2D eigenvalue weighted by atomic mass is 15.2. The van der Waals surface area contributed by atoms with Gasteiger partial charge in [0.1, 0.15) is 0 Å². The van der Waals surface area contributed by atoms with E-state index in [4.69, 9.17) is 0 Å². The van der Waals surface area contributed by atoms with Gasteiger partial charge < -0.3 is 10.2 Å². The monoisotopic (exact) mass is 212 g/mol. The molecule has 0 saturated carbocycles. The van der Waals surface area contributed by atoms with Crippen LogP contribution in [0.4, 0.5) is 0 Å². The summed E-state index contributed by atoms with van der Waals surface area (Å²) < 4.78 is 0. The molecule has 0 spiro atoms. The van der Waals surface area contributed by atoms with Gasteiger partial charge in [0, 0.05) is 19.1 Å². The van der Waals surface area contributed by atoms with Gasteiger partial charge in [0.15, 0.2) is 0 Å². The summed E-state index contributed by atoms with van der Waals surface area (Å²) >= 11 is 0. The van der Waals surface area contributed by atoms with Crippen LogP contribution in [0.5, 0.6) is 0 Å². The van der Waals surface area contributed by atoms with Crippen LogP contribution in [0.25, 0.3) is 0 Å². The molecule has 0 aromatic rings. The fraction of sp³-hybridized carbons (Fsp3) is 1.00. The molecule has 1 N–H and O–H groups in total. The van der Waals surface area contributed by atoms with Gasteiger partial charge in [0.2, 0.25) is 0 Å². The highest BCUT2D eigenvalue weighted by molar-refractivity contribution is 4.81. The lowest BCUT2D eigenvalue weighted by molar-refractivity contribution is 0.160. The normalized spacial score (nSPS) is 27.2. The Morgan fingerprint density at radius 1 is 1.20 bits per heavy atom. The topological polar surface area (TPSA) is 15.3 Å². The molecule has 1 heterocycles. The molecule has 0 radical (unpaired) electrons. The van der Waals surface area contributed by atoms with Gasteiger partial charge in [0.05, 0.1) is 0 Å². The van der Waals surface area contributed by atoms with E-state index in [1.165, 1.54) is 26.2 Å². The molecule has 1 rings (SSSR count). The highest BCUT2D eigenvalue weighted by Gasteiger charge is 2.26. The van der Waals surface area contributed by atoms with Crippen molar-refractivity contribution in [2.24, 2.45) is 17.8 Å². The van der Waals surface area contributed by atoms with Crippen molar-refractivity contribution in [2.45, 2.75) is 40.7 Å². The zero-order chi connectivity index (χ0) is 11.4. The highest BCUT2D eigenvalue weighted by Crippen LogP contribution is 2.19. The van der Waals surface area contributed by atoms with Gasteiger partial charge in [-0.3, -0.25) is 0 Å². The molecule has 0 aromatic heterocycles. The van der Waals surface area contributed by atoms with E-state index in [0.29, 0.717) is 6.04 Å². The van der Waals surface area contributed by atoms with E-state index in [0.717, 1.165) is 17.8 Å². The first-order chi connectivity index (χ1) is 7.00. The molecule has 15 heavy (non-hydrogen) atoms. The Morgan fingerprint density at radius 3 is 2.27 bits per heavy atom. The Balaban J connectivity index is 2.43. The minimum Gasteiger partial charge on any atom is -0.316 e. The third kappa shape index (κ3) is 4.12. The van der Waals surface area contributed by atoms with Crippen molar-refractivity contribution in [2.75, 3.05) is 26.2 Å². The molecule has 1 fully saturated rings. The van der Waals surface area contributed by atoms with Crippen molar-refractivity contribution in [1.29, 1.82) is 0 Å². The Kier molecular flexibility index (Phi) is 5.07. The first-order valence-electron chi connectivity index (χ1n) is 6.45. The molecule has 0 bridgehead atoms. The van der Waals surface area contributed by atoms with E-state index in [-0.39, 0.29) is 0 Å². The zero-order valence-electron chi connectivity index (χ0n) is 11.1. The summed E-state index contributed by atoms with van der Waals surface area (Å²) in [5.41, 5.74) is 0. The van der Waals surface area contributed by atoms with Crippen molar-refractivity contribution in [1.82, 2.24) is 10.2 Å². The lowest BCUT2D eigenvalue weighted by Gasteiger charge is -2.31. The lowest BCUT2D eigenvalue weighted by Crippen LogP contribution is -2.39. The van der Waals surface area contributed by atoms with E-state index >= 15 is 0 Å². The van der Waals surface area contributed by atoms with Gasteiger partial charge in [-0.1, -0.05) is 20.8 Å². The summed E-state index contributed by atoms with van der Waals surface area (Å²) in [6, 6.07) is 0.681. The molecule has 0 aliphatic carbocycles. The van der Waals surface area contributed by atoms with Crippen molar-refractivity contribution in [3.05, 3.63) is 0 Å². The quantitative estimate of drug-likeness (QED) is 0.751. The van der Waals surface area contributed by atoms with Crippen LogP contribution in [0, 0.1) is 17.8 Å². The number of nitrogens with zero attached hydrogens (tertiary/aromatic N) is 1. The summed E-state index contributed by atoms with van der Waals surface area (Å²) in [5.74, 6) is 2.47. The molecular formula is C13H28N2. The standard InChI is InChI=1S/C13H28N2/c1-10(2)8-15(11(3)4)9-13-7-14-6-12(13)5/h10-14H,6-9H2,1-5H3/t12-,13+/m1/s1. The van der Waals surface area contributed by atoms with E-state index in [1.54, 1.807) is 0 Å². The largest absolute Gasteiger partial charge is 0.316 e. The minimum atomic E-state index is 0.681. The van der Waals surface area contributed by atoms with Gasteiger partial charge in [-0.15, -0.1) is 0 Å². The molecule has 1 saturated heterocycles. The average Bonchev–Trinajstić information content (AvgIpc) is 2.50. The fourth-order valence-electron chi connectivity index (χ4n) is 2.38. The molecule has 1 aliphatic rings. The molecule has 90 valence electrons. The Morgan fingerprint density at radius 2 is 1.87 bits per heavy atom. The summed E-state index contributed by atoms with van der Waals surface area (Å²) in [6.45, 7) is 16.5. The minimum absolute atomic E-state index is 0.681. The maximum Gasteiger partial charge on any atom is 0.00388 e. The van der Waals surface area contributed by atoms with Crippen molar-refractivity contribution in [3.63, 3.8) is 0 Å². The van der Waals surface area contributed by atoms with Crippen LogP contribution >= 0.6 is 0 Å². The predicted octanol–water partition coefficient (Wildman–Crippen LogP) is 2.21. The first kappa shape index (κ1) is 13.0. The number of nitrogens with one attached hydrogen (secondary N) is 1. The molecule has 2 nitrogen and oxygen atoms in total. The number of rotatable bonds is 5.